The maximum atomic E-state index is 12.8. The van der Waals surface area contributed by atoms with E-state index in [1.807, 2.05) is 6.92 Å². The maximum Gasteiger partial charge on any atom is 0.336 e. The average molecular weight is 451 g/mol. The number of rotatable bonds is 5. The molecular weight excluding hydrogens is 416 g/mol. The van der Waals surface area contributed by atoms with Crippen LogP contribution in [0.1, 0.15) is 73.1 Å². The Labute approximate surface area is 188 Å². The van der Waals surface area contributed by atoms with Gasteiger partial charge in [0.05, 0.1) is 11.8 Å². The van der Waals surface area contributed by atoms with Crippen molar-refractivity contribution in [3.63, 3.8) is 0 Å². The highest BCUT2D eigenvalue weighted by atomic mass is 16.8. The molecule has 0 bridgehead atoms. The first kappa shape index (κ1) is 23.2. The van der Waals surface area contributed by atoms with Gasteiger partial charge in [-0.1, -0.05) is 40.2 Å². The molecule has 0 spiro atoms. The Kier molecular flexibility index (Phi) is 6.13. The van der Waals surface area contributed by atoms with Gasteiger partial charge in [0.25, 0.3) is 0 Å². The molecule has 0 radical (unpaired) electrons. The van der Waals surface area contributed by atoms with E-state index in [0.717, 1.165) is 25.7 Å². The second-order valence-corrected chi connectivity index (χ2v) is 10.6. The van der Waals surface area contributed by atoms with E-state index in [0.29, 0.717) is 12.0 Å². The predicted molar refractivity (Wildman–Crippen MR) is 112 cm³/mol. The van der Waals surface area contributed by atoms with Gasteiger partial charge in [-0.05, 0) is 36.5 Å². The molecule has 3 heterocycles. The van der Waals surface area contributed by atoms with Crippen LogP contribution in [0, 0.1) is 22.7 Å². The van der Waals surface area contributed by atoms with Crippen LogP contribution in [-0.2, 0) is 38.1 Å². The number of hydrogen-bond donors (Lipinski definition) is 0. The minimum absolute atomic E-state index is 0.147. The van der Waals surface area contributed by atoms with E-state index in [2.05, 4.69) is 26.8 Å². The van der Waals surface area contributed by atoms with E-state index in [-0.39, 0.29) is 17.3 Å². The Morgan fingerprint density at radius 1 is 1.12 bits per heavy atom. The van der Waals surface area contributed by atoms with Crippen molar-refractivity contribution in [3.05, 3.63) is 11.6 Å². The van der Waals surface area contributed by atoms with E-state index < -0.39 is 54.7 Å². The van der Waals surface area contributed by atoms with Gasteiger partial charge in [-0.25, -0.2) is 4.79 Å². The summed E-state index contributed by atoms with van der Waals surface area (Å²) < 4.78 is 28.2. The number of ether oxygens (including phenoxy) is 5. The summed E-state index contributed by atoms with van der Waals surface area (Å²) >= 11 is 0. The molecule has 0 unspecified atom stereocenters. The Balaban J connectivity index is 1.64. The highest BCUT2D eigenvalue weighted by Crippen LogP contribution is 2.53. The maximum absolute atomic E-state index is 12.8. The molecule has 0 aromatic rings. The molecule has 8 nitrogen and oxygen atoms in total. The normalized spacial score (nSPS) is 41.2. The fourth-order valence-corrected chi connectivity index (χ4v) is 6.00. The molecule has 0 amide bonds. The number of carbonyl (C=O) groups excluding carboxylic acids is 3. The molecule has 1 saturated carbocycles. The number of allylic oxidation sites excluding steroid dienone is 1. The van der Waals surface area contributed by atoms with Crippen molar-refractivity contribution < 1.29 is 38.1 Å². The van der Waals surface area contributed by atoms with Crippen molar-refractivity contribution >= 4 is 17.9 Å². The largest absolute Gasteiger partial charge is 0.455 e. The van der Waals surface area contributed by atoms with Crippen LogP contribution in [0.3, 0.4) is 0 Å². The van der Waals surface area contributed by atoms with Crippen LogP contribution in [0.4, 0.5) is 0 Å². The molecule has 0 aromatic carbocycles. The van der Waals surface area contributed by atoms with Crippen molar-refractivity contribution in [1.82, 2.24) is 0 Å². The van der Waals surface area contributed by atoms with Crippen LogP contribution in [0.25, 0.3) is 0 Å². The number of hydrogen-bond acceptors (Lipinski definition) is 8. The van der Waals surface area contributed by atoms with Gasteiger partial charge in [0, 0.05) is 18.9 Å². The molecule has 178 valence electrons. The SMILES string of the molecule is CCCC(=O)O[C@@H]1[C@@H](OC(C)=O)O[C@H]2O[C@H]3OC(=O)/C(=C\[C@@]4(C)CCCC(C)(C)C4)[C@H]3[C@H]21. The van der Waals surface area contributed by atoms with Crippen LogP contribution < -0.4 is 0 Å². The fourth-order valence-electron chi connectivity index (χ4n) is 6.00. The van der Waals surface area contributed by atoms with Crippen molar-refractivity contribution in [1.29, 1.82) is 0 Å². The van der Waals surface area contributed by atoms with E-state index in [4.69, 9.17) is 23.7 Å². The van der Waals surface area contributed by atoms with Gasteiger partial charge in [-0.3, -0.25) is 9.59 Å². The van der Waals surface area contributed by atoms with Crippen molar-refractivity contribution in [2.75, 3.05) is 0 Å². The van der Waals surface area contributed by atoms with E-state index in [1.165, 1.54) is 6.92 Å². The van der Waals surface area contributed by atoms with Gasteiger partial charge in [-0.2, -0.15) is 0 Å². The Hall–Kier alpha value is -1.93. The molecule has 8 heteroatoms. The average Bonchev–Trinajstić information content (AvgIpc) is 3.23. The molecular formula is C24H34O8. The first-order chi connectivity index (χ1) is 15.0. The predicted octanol–water partition coefficient (Wildman–Crippen LogP) is 3.62. The third kappa shape index (κ3) is 4.44. The number of carbonyl (C=O) groups is 3. The summed E-state index contributed by atoms with van der Waals surface area (Å²) in [6, 6.07) is 0. The lowest BCUT2D eigenvalue weighted by Crippen LogP contribution is -2.39. The van der Waals surface area contributed by atoms with Crippen LogP contribution in [-0.4, -0.2) is 42.9 Å². The smallest absolute Gasteiger partial charge is 0.336 e. The monoisotopic (exact) mass is 450 g/mol. The lowest BCUT2D eigenvalue weighted by molar-refractivity contribution is -0.244. The zero-order chi connectivity index (χ0) is 23.3. The lowest BCUT2D eigenvalue weighted by Gasteiger charge is -2.41. The summed E-state index contributed by atoms with van der Waals surface area (Å²) in [5.74, 6) is -2.30. The standard InChI is InChI=1S/C24H34O8/c1-6-8-15(26)29-18-17-16-14(11-24(5)10-7-9-23(3,4)12-24)19(27)30-20(16)31-21(17)32-22(18)28-13(2)25/h11,16-18,20-22H,6-10,12H2,1-5H3/b14-11-/t16-,17-,18-,20+,21+,22-,24+/m0/s1. The molecule has 3 aliphatic heterocycles. The third-order valence-electron chi connectivity index (χ3n) is 7.02. The Morgan fingerprint density at radius 3 is 2.53 bits per heavy atom. The van der Waals surface area contributed by atoms with Crippen molar-refractivity contribution in [2.45, 2.75) is 98.1 Å². The van der Waals surface area contributed by atoms with Crippen LogP contribution in [0.5, 0.6) is 0 Å². The second kappa shape index (κ2) is 8.45. The third-order valence-corrected chi connectivity index (χ3v) is 7.02. The highest BCUT2D eigenvalue weighted by molar-refractivity contribution is 5.91. The van der Waals surface area contributed by atoms with Crippen molar-refractivity contribution in [2.24, 2.45) is 22.7 Å². The van der Waals surface area contributed by atoms with Gasteiger partial charge in [0.2, 0.25) is 12.6 Å². The van der Waals surface area contributed by atoms with Gasteiger partial charge >= 0.3 is 17.9 Å². The summed E-state index contributed by atoms with van der Waals surface area (Å²) in [6.45, 7) is 9.84. The Bertz CT molecular complexity index is 817. The van der Waals surface area contributed by atoms with E-state index in [1.54, 1.807) is 0 Å². The zero-order valence-electron chi connectivity index (χ0n) is 19.6. The molecule has 4 rings (SSSR count). The quantitative estimate of drug-likeness (QED) is 0.356. The summed E-state index contributed by atoms with van der Waals surface area (Å²) in [7, 11) is 0. The van der Waals surface area contributed by atoms with E-state index in [9.17, 15) is 14.4 Å². The van der Waals surface area contributed by atoms with Crippen LogP contribution in [0.2, 0.25) is 0 Å². The molecule has 4 fully saturated rings. The molecule has 0 N–H and O–H groups in total. The second-order valence-electron chi connectivity index (χ2n) is 10.6. The molecule has 3 saturated heterocycles. The minimum atomic E-state index is -1.08. The first-order valence-electron chi connectivity index (χ1n) is 11.6. The topological polar surface area (TPSA) is 97.4 Å². The molecule has 7 atom stereocenters. The molecule has 4 aliphatic rings. The summed E-state index contributed by atoms with van der Waals surface area (Å²) in [6.07, 6.45) is 3.58. The van der Waals surface area contributed by atoms with Gasteiger partial charge in [0.1, 0.15) is 0 Å². The molecule has 32 heavy (non-hydrogen) atoms. The molecule has 0 aromatic heterocycles. The lowest BCUT2D eigenvalue weighted by atomic mass is 9.63. The summed E-state index contributed by atoms with van der Waals surface area (Å²) in [5.41, 5.74) is 0.591. The van der Waals surface area contributed by atoms with Crippen LogP contribution in [0.15, 0.2) is 11.6 Å². The van der Waals surface area contributed by atoms with Gasteiger partial charge in [-0.15, -0.1) is 0 Å². The van der Waals surface area contributed by atoms with E-state index >= 15 is 0 Å². The first-order valence-corrected chi connectivity index (χ1v) is 11.6. The minimum Gasteiger partial charge on any atom is -0.455 e. The van der Waals surface area contributed by atoms with Gasteiger partial charge < -0.3 is 23.7 Å². The zero-order valence-corrected chi connectivity index (χ0v) is 19.6. The van der Waals surface area contributed by atoms with Crippen LogP contribution >= 0.6 is 0 Å². The van der Waals surface area contributed by atoms with Gasteiger partial charge in [0.15, 0.2) is 12.4 Å². The molecule has 1 aliphatic carbocycles. The number of fused-ring (bicyclic) bond motifs is 3. The summed E-state index contributed by atoms with van der Waals surface area (Å²) in [4.78, 5) is 36.8. The summed E-state index contributed by atoms with van der Waals surface area (Å²) in [5, 5.41) is 0. The Morgan fingerprint density at radius 2 is 1.88 bits per heavy atom. The fraction of sp³-hybridized carbons (Fsp3) is 0.792. The van der Waals surface area contributed by atoms with Crippen molar-refractivity contribution in [3.8, 4) is 0 Å². The highest BCUT2D eigenvalue weighted by Gasteiger charge is 2.65. The number of esters is 3.